The van der Waals surface area contributed by atoms with Gasteiger partial charge in [-0.25, -0.2) is 0 Å². The summed E-state index contributed by atoms with van der Waals surface area (Å²) >= 11 is 0. The van der Waals surface area contributed by atoms with E-state index in [9.17, 15) is 5.11 Å². The third-order valence-electron chi connectivity index (χ3n) is 4.74. The van der Waals surface area contributed by atoms with Gasteiger partial charge in [0.2, 0.25) is 0 Å². The van der Waals surface area contributed by atoms with E-state index in [4.69, 9.17) is 9.47 Å². The van der Waals surface area contributed by atoms with E-state index in [0.29, 0.717) is 25.8 Å². The summed E-state index contributed by atoms with van der Waals surface area (Å²) in [6, 6.07) is 0.460. The monoisotopic (exact) mass is 323 g/mol. The third kappa shape index (κ3) is 5.01. The number of aliphatic hydroxyl groups excluding tert-OH is 1. The first-order chi connectivity index (χ1) is 11.2. The van der Waals surface area contributed by atoms with Crippen LogP contribution in [0.5, 0.6) is 0 Å². The molecule has 2 saturated heterocycles. The van der Waals surface area contributed by atoms with Gasteiger partial charge in [0, 0.05) is 25.4 Å². The van der Waals surface area contributed by atoms with Gasteiger partial charge in [0.15, 0.2) is 0 Å². The van der Waals surface area contributed by atoms with Crippen LogP contribution >= 0.6 is 0 Å². The molecule has 23 heavy (non-hydrogen) atoms. The van der Waals surface area contributed by atoms with E-state index < -0.39 is 6.10 Å². The van der Waals surface area contributed by atoms with Gasteiger partial charge < -0.3 is 14.6 Å². The molecule has 0 aliphatic carbocycles. The highest BCUT2D eigenvalue weighted by Crippen LogP contribution is 2.19. The smallest absolute Gasteiger partial charge is 0.0900 e. The van der Waals surface area contributed by atoms with Crippen LogP contribution in [0, 0.1) is 6.92 Å². The zero-order chi connectivity index (χ0) is 16.1. The molecular weight excluding hydrogens is 294 g/mol. The van der Waals surface area contributed by atoms with Crippen LogP contribution in [0.3, 0.4) is 0 Å². The van der Waals surface area contributed by atoms with Crippen LogP contribution in [0.15, 0.2) is 12.4 Å². The van der Waals surface area contributed by atoms with Crippen molar-refractivity contribution in [2.45, 2.75) is 57.4 Å². The number of aryl methyl sites for hydroxylation is 1. The molecule has 0 aromatic carbocycles. The standard InChI is InChI=1S/C17H29N3O3/c1-14-8-18-20(9-14)10-15-4-2-6-19(15)11-16(21)12-22-13-17-5-3-7-23-17/h8-9,15-17,21H,2-7,10-13H2,1H3/t15-,16-,17+/m0/s1. The van der Waals surface area contributed by atoms with Crippen LogP contribution < -0.4 is 0 Å². The maximum Gasteiger partial charge on any atom is 0.0900 e. The second-order valence-corrected chi connectivity index (χ2v) is 6.86. The second-order valence-electron chi connectivity index (χ2n) is 6.86. The average Bonchev–Trinajstić information content (AvgIpc) is 3.24. The fourth-order valence-electron chi connectivity index (χ4n) is 3.56. The minimum atomic E-state index is -0.434. The van der Waals surface area contributed by atoms with Crippen molar-refractivity contribution in [2.24, 2.45) is 0 Å². The molecule has 0 amide bonds. The summed E-state index contributed by atoms with van der Waals surface area (Å²) < 4.78 is 13.2. The minimum Gasteiger partial charge on any atom is -0.389 e. The quantitative estimate of drug-likeness (QED) is 0.779. The summed E-state index contributed by atoms with van der Waals surface area (Å²) in [6.45, 7) is 6.53. The molecule has 0 unspecified atom stereocenters. The van der Waals surface area contributed by atoms with Gasteiger partial charge >= 0.3 is 0 Å². The number of aromatic nitrogens is 2. The largest absolute Gasteiger partial charge is 0.389 e. The van der Waals surface area contributed by atoms with Gasteiger partial charge in [0.05, 0.1) is 38.2 Å². The van der Waals surface area contributed by atoms with E-state index in [-0.39, 0.29) is 6.10 Å². The predicted octanol–water partition coefficient (Wildman–Crippen LogP) is 1.21. The molecule has 130 valence electrons. The number of likely N-dealkylation sites (tertiary alicyclic amines) is 1. The van der Waals surface area contributed by atoms with E-state index in [1.165, 1.54) is 18.4 Å². The first-order valence-electron chi connectivity index (χ1n) is 8.81. The SMILES string of the molecule is Cc1cnn(C[C@@H]2CCCN2C[C@H](O)COC[C@H]2CCCO2)c1. The highest BCUT2D eigenvalue weighted by atomic mass is 16.5. The Balaban J connectivity index is 1.38. The highest BCUT2D eigenvalue weighted by Gasteiger charge is 2.27. The second kappa shape index (κ2) is 8.24. The molecule has 6 nitrogen and oxygen atoms in total. The molecule has 1 aromatic heterocycles. The molecule has 3 rings (SSSR count). The molecule has 0 saturated carbocycles. The van der Waals surface area contributed by atoms with Crippen molar-refractivity contribution in [3.63, 3.8) is 0 Å². The lowest BCUT2D eigenvalue weighted by Gasteiger charge is -2.27. The van der Waals surface area contributed by atoms with E-state index in [0.717, 1.165) is 32.5 Å². The predicted molar refractivity (Wildman–Crippen MR) is 87.4 cm³/mol. The Kier molecular flexibility index (Phi) is 6.05. The van der Waals surface area contributed by atoms with E-state index in [2.05, 4.69) is 23.1 Å². The van der Waals surface area contributed by atoms with E-state index >= 15 is 0 Å². The Hall–Kier alpha value is -0.950. The number of nitrogens with zero attached hydrogens (tertiary/aromatic N) is 3. The molecule has 0 bridgehead atoms. The van der Waals surface area contributed by atoms with Crippen molar-refractivity contribution in [3.8, 4) is 0 Å². The van der Waals surface area contributed by atoms with Gasteiger partial charge in [0.1, 0.15) is 0 Å². The number of hydrogen-bond donors (Lipinski definition) is 1. The Labute approximate surface area is 138 Å². The average molecular weight is 323 g/mol. The Morgan fingerprint density at radius 3 is 3.09 bits per heavy atom. The summed E-state index contributed by atoms with van der Waals surface area (Å²) in [4.78, 5) is 2.37. The van der Waals surface area contributed by atoms with Gasteiger partial charge in [-0.05, 0) is 44.7 Å². The number of ether oxygens (including phenoxy) is 2. The molecule has 0 radical (unpaired) electrons. The maximum atomic E-state index is 10.2. The summed E-state index contributed by atoms with van der Waals surface area (Å²) in [5.74, 6) is 0. The summed E-state index contributed by atoms with van der Waals surface area (Å²) in [7, 11) is 0. The van der Waals surface area contributed by atoms with Crippen molar-refractivity contribution in [3.05, 3.63) is 18.0 Å². The van der Waals surface area contributed by atoms with Gasteiger partial charge in [0.25, 0.3) is 0 Å². The summed E-state index contributed by atoms with van der Waals surface area (Å²) in [5.41, 5.74) is 1.19. The molecule has 1 aromatic rings. The molecule has 2 aliphatic rings. The Morgan fingerprint density at radius 1 is 1.43 bits per heavy atom. The first-order valence-corrected chi connectivity index (χ1v) is 8.81. The number of β-amino-alcohol motifs (C(OH)–C–C–N with tert-alkyl or cyclic N) is 1. The fraction of sp³-hybridized carbons (Fsp3) is 0.824. The summed E-state index contributed by atoms with van der Waals surface area (Å²) in [5, 5.41) is 14.6. The van der Waals surface area contributed by atoms with Crippen LogP contribution in [-0.4, -0.2) is 70.9 Å². The van der Waals surface area contributed by atoms with Crippen molar-refractivity contribution in [2.75, 3.05) is 32.9 Å². The first kappa shape index (κ1) is 16.9. The number of hydrogen-bond acceptors (Lipinski definition) is 5. The highest BCUT2D eigenvalue weighted by molar-refractivity contribution is 4.99. The lowest BCUT2D eigenvalue weighted by Crippen LogP contribution is -2.40. The third-order valence-corrected chi connectivity index (χ3v) is 4.74. The molecule has 6 heteroatoms. The van der Waals surface area contributed by atoms with Crippen LogP contribution in [0.4, 0.5) is 0 Å². The Bertz CT molecular complexity index is 473. The topological polar surface area (TPSA) is 59.8 Å². The zero-order valence-electron chi connectivity index (χ0n) is 14.1. The molecule has 3 heterocycles. The van der Waals surface area contributed by atoms with Crippen LogP contribution in [0.2, 0.25) is 0 Å². The number of aliphatic hydroxyl groups is 1. The molecule has 3 atom stereocenters. The van der Waals surface area contributed by atoms with Crippen molar-refractivity contribution in [1.82, 2.24) is 14.7 Å². The van der Waals surface area contributed by atoms with Crippen molar-refractivity contribution >= 4 is 0 Å². The van der Waals surface area contributed by atoms with Crippen LogP contribution in [-0.2, 0) is 16.0 Å². The lowest BCUT2D eigenvalue weighted by molar-refractivity contribution is -0.0265. The molecular formula is C17H29N3O3. The van der Waals surface area contributed by atoms with Crippen molar-refractivity contribution < 1.29 is 14.6 Å². The van der Waals surface area contributed by atoms with Crippen LogP contribution in [0.1, 0.15) is 31.2 Å². The zero-order valence-corrected chi connectivity index (χ0v) is 14.1. The van der Waals surface area contributed by atoms with Crippen LogP contribution in [0.25, 0.3) is 0 Å². The minimum absolute atomic E-state index is 0.227. The van der Waals surface area contributed by atoms with Gasteiger partial charge in [-0.1, -0.05) is 0 Å². The fourth-order valence-corrected chi connectivity index (χ4v) is 3.56. The molecule has 1 N–H and O–H groups in total. The van der Waals surface area contributed by atoms with Gasteiger partial charge in [-0.15, -0.1) is 0 Å². The van der Waals surface area contributed by atoms with Crippen molar-refractivity contribution in [1.29, 1.82) is 0 Å². The van der Waals surface area contributed by atoms with E-state index in [1.807, 2.05) is 10.9 Å². The molecule has 2 aliphatic heterocycles. The maximum absolute atomic E-state index is 10.2. The van der Waals surface area contributed by atoms with Gasteiger partial charge in [-0.3, -0.25) is 9.58 Å². The van der Waals surface area contributed by atoms with Gasteiger partial charge in [-0.2, -0.15) is 5.10 Å². The summed E-state index contributed by atoms with van der Waals surface area (Å²) in [6.07, 6.45) is 8.33. The normalized spacial score (nSPS) is 26.9. The molecule has 2 fully saturated rings. The molecule has 0 spiro atoms. The number of rotatable bonds is 8. The Morgan fingerprint density at radius 2 is 2.35 bits per heavy atom. The lowest BCUT2D eigenvalue weighted by atomic mass is 10.2. The van der Waals surface area contributed by atoms with E-state index in [1.54, 1.807) is 0 Å².